The number of rotatable bonds is 7. The molecule has 1 atom stereocenters. The number of amides is 1. The van der Waals surface area contributed by atoms with Crippen LogP contribution in [0.25, 0.3) is 5.69 Å². The van der Waals surface area contributed by atoms with E-state index in [9.17, 15) is 23.5 Å². The summed E-state index contributed by atoms with van der Waals surface area (Å²) >= 11 is 0. The van der Waals surface area contributed by atoms with Gasteiger partial charge in [0.2, 0.25) is 0 Å². The Morgan fingerprint density at radius 1 is 1.35 bits per heavy atom. The molecule has 2 aromatic rings. The summed E-state index contributed by atoms with van der Waals surface area (Å²) in [4.78, 5) is 23.0. The monoisotopic (exact) mass is 370 g/mol. The fourth-order valence-corrected chi connectivity index (χ4v) is 1.96. The van der Waals surface area contributed by atoms with Crippen LogP contribution in [-0.2, 0) is 4.79 Å². The zero-order valence-electron chi connectivity index (χ0n) is 13.8. The van der Waals surface area contributed by atoms with E-state index < -0.39 is 30.6 Å². The number of carboxylic acids is 1. The second-order valence-corrected chi connectivity index (χ2v) is 5.57. The van der Waals surface area contributed by atoms with Gasteiger partial charge in [0.15, 0.2) is 11.3 Å². The van der Waals surface area contributed by atoms with Crippen molar-refractivity contribution in [1.29, 1.82) is 0 Å². The number of carboxylic acid groups (broad SMARTS) is 1. The number of aromatic nitrogens is 3. The topological polar surface area (TPSA) is 127 Å². The minimum Gasteiger partial charge on any atom is -0.479 e. The number of aliphatic hydroxyl groups is 1. The third-order valence-electron chi connectivity index (χ3n) is 3.47. The molecule has 0 saturated carbocycles. The number of carbonyl (C=O) groups excluding carboxylic acids is 1. The van der Waals surface area contributed by atoms with Crippen molar-refractivity contribution in [3.63, 3.8) is 0 Å². The van der Waals surface area contributed by atoms with Crippen molar-refractivity contribution >= 4 is 11.9 Å². The van der Waals surface area contributed by atoms with Crippen molar-refractivity contribution in [3.05, 3.63) is 35.7 Å². The molecule has 11 heteroatoms. The largest absolute Gasteiger partial charge is 0.479 e. The number of halogens is 2. The number of nitrogens with zero attached hydrogens (tertiary/aromatic N) is 3. The molecule has 0 aliphatic rings. The molecule has 0 bridgehead atoms. The van der Waals surface area contributed by atoms with Crippen LogP contribution in [0.1, 0.15) is 23.1 Å². The zero-order chi connectivity index (χ0) is 19.5. The molecule has 140 valence electrons. The highest BCUT2D eigenvalue weighted by atomic mass is 19.3. The number of nitrogens with one attached hydrogen (secondary N) is 1. The van der Waals surface area contributed by atoms with Crippen LogP contribution in [0.2, 0.25) is 0 Å². The first-order valence-electron chi connectivity index (χ1n) is 7.33. The number of alkyl halides is 2. The quantitative estimate of drug-likeness (QED) is 0.656. The Morgan fingerprint density at radius 2 is 1.96 bits per heavy atom. The van der Waals surface area contributed by atoms with E-state index >= 15 is 0 Å². The molecule has 1 heterocycles. The molecule has 0 saturated heterocycles. The maximum absolute atomic E-state index is 12.2. The van der Waals surface area contributed by atoms with Crippen molar-refractivity contribution in [2.24, 2.45) is 0 Å². The average molecular weight is 370 g/mol. The number of aliphatic carboxylic acids is 1. The maximum Gasteiger partial charge on any atom is 0.387 e. The molecule has 0 fully saturated rings. The van der Waals surface area contributed by atoms with Gasteiger partial charge in [-0.25, -0.2) is 9.48 Å². The van der Waals surface area contributed by atoms with Crippen LogP contribution in [0.5, 0.6) is 5.75 Å². The minimum absolute atomic E-state index is 0.0320. The smallest absolute Gasteiger partial charge is 0.387 e. The molecule has 0 aliphatic carbocycles. The van der Waals surface area contributed by atoms with Gasteiger partial charge < -0.3 is 20.3 Å². The summed E-state index contributed by atoms with van der Waals surface area (Å²) in [5.74, 6) is -2.23. The summed E-state index contributed by atoms with van der Waals surface area (Å²) in [5.41, 5.74) is -1.41. The number of carbonyl (C=O) groups is 2. The molecule has 2 rings (SSSR count). The third kappa shape index (κ3) is 4.30. The zero-order valence-corrected chi connectivity index (χ0v) is 13.8. The molecule has 0 aliphatic heterocycles. The van der Waals surface area contributed by atoms with E-state index in [0.29, 0.717) is 11.4 Å². The lowest BCUT2D eigenvalue weighted by molar-refractivity contribution is -0.155. The second-order valence-electron chi connectivity index (χ2n) is 5.57. The van der Waals surface area contributed by atoms with Gasteiger partial charge in [-0.1, -0.05) is 5.21 Å². The fraction of sp³-hybridized carbons (Fsp3) is 0.333. The van der Waals surface area contributed by atoms with Crippen molar-refractivity contribution in [2.75, 3.05) is 6.54 Å². The van der Waals surface area contributed by atoms with Crippen LogP contribution in [0.3, 0.4) is 0 Å². The molecule has 26 heavy (non-hydrogen) atoms. The van der Waals surface area contributed by atoms with E-state index in [1.54, 1.807) is 6.92 Å². The molecule has 0 radical (unpaired) electrons. The fourth-order valence-electron chi connectivity index (χ4n) is 1.96. The average Bonchev–Trinajstić information content (AvgIpc) is 2.94. The second kappa shape index (κ2) is 7.44. The molecule has 1 aromatic heterocycles. The highest BCUT2D eigenvalue weighted by molar-refractivity contribution is 5.93. The van der Waals surface area contributed by atoms with E-state index in [2.05, 4.69) is 20.4 Å². The van der Waals surface area contributed by atoms with E-state index in [4.69, 9.17) is 5.11 Å². The minimum atomic E-state index is -2.94. The van der Waals surface area contributed by atoms with Crippen molar-refractivity contribution in [2.45, 2.75) is 26.1 Å². The van der Waals surface area contributed by atoms with Gasteiger partial charge in [-0.05, 0) is 38.1 Å². The van der Waals surface area contributed by atoms with Crippen LogP contribution < -0.4 is 10.1 Å². The normalized spacial score (nSPS) is 13.3. The van der Waals surface area contributed by atoms with E-state index in [-0.39, 0.29) is 11.4 Å². The van der Waals surface area contributed by atoms with Crippen molar-refractivity contribution in [3.8, 4) is 11.4 Å². The van der Waals surface area contributed by atoms with Crippen LogP contribution in [0.15, 0.2) is 24.3 Å². The van der Waals surface area contributed by atoms with E-state index in [1.165, 1.54) is 28.9 Å². The van der Waals surface area contributed by atoms with Gasteiger partial charge in [0.25, 0.3) is 5.91 Å². The molecular weight excluding hydrogens is 354 g/mol. The third-order valence-corrected chi connectivity index (χ3v) is 3.47. The molecule has 0 spiro atoms. The molecule has 1 unspecified atom stereocenters. The van der Waals surface area contributed by atoms with Crippen LogP contribution in [0.4, 0.5) is 8.78 Å². The first kappa shape index (κ1) is 19.2. The molecule has 1 aromatic carbocycles. The van der Waals surface area contributed by atoms with Crippen LogP contribution in [-0.4, -0.2) is 55.8 Å². The predicted molar refractivity (Wildman–Crippen MR) is 83.3 cm³/mol. The van der Waals surface area contributed by atoms with Gasteiger partial charge in [0.05, 0.1) is 17.9 Å². The number of benzene rings is 1. The molecule has 1 amide bonds. The SMILES string of the molecule is Cc1c(C(=O)NCC(C)(O)C(=O)O)nnn1-c1ccc(OC(F)F)cc1. The summed E-state index contributed by atoms with van der Waals surface area (Å²) in [6, 6.07) is 5.53. The highest BCUT2D eigenvalue weighted by Gasteiger charge is 2.31. The molecule has 3 N–H and O–H groups in total. The Balaban J connectivity index is 2.14. The van der Waals surface area contributed by atoms with Crippen molar-refractivity contribution < 1.29 is 33.3 Å². The summed E-state index contributed by atoms with van der Waals surface area (Å²) in [6.07, 6.45) is 0. The summed E-state index contributed by atoms with van der Waals surface area (Å²) < 4.78 is 29.9. The van der Waals surface area contributed by atoms with Crippen LogP contribution >= 0.6 is 0 Å². The lowest BCUT2D eigenvalue weighted by Crippen LogP contribution is -2.46. The lowest BCUT2D eigenvalue weighted by atomic mass is 10.1. The van der Waals surface area contributed by atoms with Gasteiger partial charge in [-0.15, -0.1) is 5.10 Å². The summed E-state index contributed by atoms with van der Waals surface area (Å²) in [5, 5.41) is 28.2. The summed E-state index contributed by atoms with van der Waals surface area (Å²) in [6.45, 7) is -0.865. The Hall–Kier alpha value is -3.08. The lowest BCUT2D eigenvalue weighted by Gasteiger charge is -2.17. The van der Waals surface area contributed by atoms with Gasteiger partial charge in [0.1, 0.15) is 5.75 Å². The first-order chi connectivity index (χ1) is 12.1. The molecule has 9 nitrogen and oxygen atoms in total. The highest BCUT2D eigenvalue weighted by Crippen LogP contribution is 2.18. The van der Waals surface area contributed by atoms with Gasteiger partial charge >= 0.3 is 12.6 Å². The first-order valence-corrected chi connectivity index (χ1v) is 7.33. The standard InChI is InChI=1S/C15H16F2N4O5/c1-8-11(12(22)18-7-15(2,25)13(23)24)19-20-21(8)9-3-5-10(6-4-9)26-14(16)17/h3-6,14,25H,7H2,1-2H3,(H,18,22)(H,23,24). The predicted octanol–water partition coefficient (Wildman–Crippen LogP) is 0.743. The van der Waals surface area contributed by atoms with Gasteiger partial charge in [-0.2, -0.15) is 8.78 Å². The molecular formula is C15H16F2N4O5. The van der Waals surface area contributed by atoms with E-state index in [1.807, 2.05) is 0 Å². The van der Waals surface area contributed by atoms with Gasteiger partial charge in [-0.3, -0.25) is 4.79 Å². The number of hydrogen-bond acceptors (Lipinski definition) is 6. The van der Waals surface area contributed by atoms with Crippen molar-refractivity contribution in [1.82, 2.24) is 20.3 Å². The number of ether oxygens (including phenoxy) is 1. The Kier molecular flexibility index (Phi) is 5.50. The Labute approximate surface area is 146 Å². The summed E-state index contributed by atoms with van der Waals surface area (Å²) in [7, 11) is 0. The van der Waals surface area contributed by atoms with E-state index in [0.717, 1.165) is 6.92 Å². The Bertz CT molecular complexity index is 805. The van der Waals surface area contributed by atoms with Crippen LogP contribution in [0, 0.1) is 6.92 Å². The Morgan fingerprint density at radius 3 is 2.50 bits per heavy atom. The number of hydrogen-bond donors (Lipinski definition) is 3. The maximum atomic E-state index is 12.2. The van der Waals surface area contributed by atoms with Gasteiger partial charge in [0, 0.05) is 0 Å².